The Morgan fingerprint density at radius 2 is 1.81 bits per heavy atom. The molecule has 0 amide bonds. The number of hydrogen-bond acceptors (Lipinski definition) is 2. The smallest absolute Gasteiger partial charge is 0.178 e. The molecule has 0 aliphatic heterocycles. The number of fused-ring (bicyclic) bond motifs is 1. The molecule has 0 bridgehead atoms. The van der Waals surface area contributed by atoms with E-state index in [2.05, 4.69) is 4.98 Å². The van der Waals surface area contributed by atoms with Crippen molar-refractivity contribution in [2.75, 3.05) is 7.11 Å². The van der Waals surface area contributed by atoms with Gasteiger partial charge < -0.3 is 14.3 Å². The number of nitrogens with one attached hydrogen (secondary N) is 1. The Kier molecular flexibility index (Phi) is 3.93. The van der Waals surface area contributed by atoms with Gasteiger partial charge >= 0.3 is 0 Å². The highest BCUT2D eigenvalue weighted by Gasteiger charge is 2.08. The first-order valence-corrected chi connectivity index (χ1v) is 7.45. The molecular formula is C15H12Cl2N2OS. The van der Waals surface area contributed by atoms with Crippen LogP contribution >= 0.6 is 35.4 Å². The fourth-order valence-electron chi connectivity index (χ4n) is 2.22. The van der Waals surface area contributed by atoms with Crippen LogP contribution in [0.3, 0.4) is 0 Å². The Morgan fingerprint density at radius 3 is 2.48 bits per heavy atom. The maximum atomic E-state index is 6.10. The number of aromatic nitrogens is 2. The summed E-state index contributed by atoms with van der Waals surface area (Å²) in [4.78, 5) is 3.15. The second-order valence-electron chi connectivity index (χ2n) is 4.65. The fraction of sp³-hybridized carbons (Fsp3) is 0.133. The molecule has 1 heterocycles. The molecule has 0 spiro atoms. The van der Waals surface area contributed by atoms with Crippen LogP contribution in [-0.2, 0) is 6.54 Å². The van der Waals surface area contributed by atoms with E-state index in [1.54, 1.807) is 13.2 Å². The third kappa shape index (κ3) is 2.79. The molecular weight excluding hydrogens is 327 g/mol. The molecule has 1 aromatic heterocycles. The molecule has 21 heavy (non-hydrogen) atoms. The SMILES string of the molecule is COc1ccc(Cn2c(=S)[nH]c3cc(Cl)c(Cl)cc32)cc1. The standard InChI is InChI=1S/C15H12Cl2N2OS/c1-20-10-4-2-9(3-5-10)8-19-14-7-12(17)11(16)6-13(14)18-15(19)21/h2-7H,8H2,1H3,(H,18,21). The summed E-state index contributed by atoms with van der Waals surface area (Å²) in [5, 5.41) is 1.03. The Balaban J connectivity index is 2.05. The van der Waals surface area contributed by atoms with E-state index in [-0.39, 0.29) is 0 Å². The normalized spacial score (nSPS) is 11.0. The molecule has 0 unspecified atom stereocenters. The maximum absolute atomic E-state index is 6.10. The van der Waals surface area contributed by atoms with Crippen LogP contribution in [0.4, 0.5) is 0 Å². The highest BCUT2D eigenvalue weighted by Crippen LogP contribution is 2.28. The van der Waals surface area contributed by atoms with Gasteiger partial charge in [0.15, 0.2) is 4.77 Å². The van der Waals surface area contributed by atoms with E-state index in [1.807, 2.05) is 34.9 Å². The lowest BCUT2D eigenvalue weighted by Crippen LogP contribution is -1.99. The fourth-order valence-corrected chi connectivity index (χ4v) is 2.82. The number of imidazole rings is 1. The van der Waals surface area contributed by atoms with Crippen molar-refractivity contribution < 1.29 is 4.74 Å². The predicted octanol–water partition coefficient (Wildman–Crippen LogP) is 5.06. The molecule has 0 atom stereocenters. The number of aromatic amines is 1. The van der Waals surface area contributed by atoms with Crippen molar-refractivity contribution in [3.8, 4) is 5.75 Å². The van der Waals surface area contributed by atoms with Crippen LogP contribution in [-0.4, -0.2) is 16.7 Å². The van der Waals surface area contributed by atoms with E-state index in [4.69, 9.17) is 40.2 Å². The van der Waals surface area contributed by atoms with Gasteiger partial charge in [0.2, 0.25) is 0 Å². The van der Waals surface area contributed by atoms with Crippen LogP contribution in [0.15, 0.2) is 36.4 Å². The number of hydrogen-bond donors (Lipinski definition) is 1. The molecule has 1 N–H and O–H groups in total. The van der Waals surface area contributed by atoms with Gasteiger partial charge in [-0.15, -0.1) is 0 Å². The molecule has 3 nitrogen and oxygen atoms in total. The van der Waals surface area contributed by atoms with Crippen molar-refractivity contribution in [1.29, 1.82) is 0 Å². The molecule has 0 fully saturated rings. The molecule has 6 heteroatoms. The second kappa shape index (κ2) is 5.72. The van der Waals surface area contributed by atoms with Crippen LogP contribution in [0.5, 0.6) is 5.75 Å². The largest absolute Gasteiger partial charge is 0.497 e. The molecule has 3 aromatic rings. The number of halogens is 2. The number of H-pyrrole nitrogens is 1. The average molecular weight is 339 g/mol. The van der Waals surface area contributed by atoms with Crippen molar-refractivity contribution in [2.24, 2.45) is 0 Å². The molecule has 0 saturated heterocycles. The Morgan fingerprint density at radius 1 is 1.14 bits per heavy atom. The Hall–Kier alpha value is -1.49. The summed E-state index contributed by atoms with van der Waals surface area (Å²) in [5.41, 5.74) is 2.94. The van der Waals surface area contributed by atoms with Crippen LogP contribution in [0.25, 0.3) is 11.0 Å². The first-order chi connectivity index (χ1) is 10.1. The van der Waals surface area contributed by atoms with Crippen molar-refractivity contribution in [3.63, 3.8) is 0 Å². The van der Waals surface area contributed by atoms with Crippen LogP contribution < -0.4 is 4.74 Å². The number of rotatable bonds is 3. The summed E-state index contributed by atoms with van der Waals surface area (Å²) in [7, 11) is 1.65. The lowest BCUT2D eigenvalue weighted by molar-refractivity contribution is 0.414. The van der Waals surface area contributed by atoms with Crippen molar-refractivity contribution in [2.45, 2.75) is 6.54 Å². The quantitative estimate of drug-likeness (QED) is 0.676. The van der Waals surface area contributed by atoms with Gasteiger partial charge in [-0.25, -0.2) is 0 Å². The van der Waals surface area contributed by atoms with Gasteiger partial charge in [-0.05, 0) is 42.0 Å². The highest BCUT2D eigenvalue weighted by molar-refractivity contribution is 7.71. The van der Waals surface area contributed by atoms with E-state index in [1.165, 1.54) is 0 Å². The van der Waals surface area contributed by atoms with E-state index < -0.39 is 0 Å². The summed E-state index contributed by atoms with van der Waals surface area (Å²) in [5.74, 6) is 0.830. The van der Waals surface area contributed by atoms with Crippen molar-refractivity contribution >= 4 is 46.5 Å². The van der Waals surface area contributed by atoms with E-state index in [0.29, 0.717) is 21.4 Å². The topological polar surface area (TPSA) is 29.9 Å². The number of methoxy groups -OCH3 is 1. The van der Waals surface area contributed by atoms with Gasteiger partial charge in [0.05, 0.1) is 34.7 Å². The van der Waals surface area contributed by atoms with Crippen LogP contribution in [0, 0.1) is 4.77 Å². The first-order valence-electron chi connectivity index (χ1n) is 6.29. The zero-order chi connectivity index (χ0) is 15.0. The minimum absolute atomic E-state index is 0.511. The minimum atomic E-state index is 0.511. The molecule has 3 rings (SSSR count). The lowest BCUT2D eigenvalue weighted by atomic mass is 10.2. The van der Waals surface area contributed by atoms with Crippen molar-refractivity contribution in [3.05, 3.63) is 56.8 Å². The Labute approximate surface area is 137 Å². The van der Waals surface area contributed by atoms with Crippen LogP contribution in [0.2, 0.25) is 10.0 Å². The van der Waals surface area contributed by atoms with Gasteiger partial charge in [-0.1, -0.05) is 35.3 Å². The average Bonchev–Trinajstić information content (AvgIpc) is 2.76. The van der Waals surface area contributed by atoms with E-state index in [9.17, 15) is 0 Å². The molecule has 108 valence electrons. The number of ether oxygens (including phenoxy) is 1. The monoisotopic (exact) mass is 338 g/mol. The van der Waals surface area contributed by atoms with Gasteiger partial charge in [-0.2, -0.15) is 0 Å². The summed E-state index contributed by atoms with van der Waals surface area (Å²) >= 11 is 17.5. The predicted molar refractivity (Wildman–Crippen MR) is 89.2 cm³/mol. The second-order valence-corrected chi connectivity index (χ2v) is 5.85. The summed E-state index contributed by atoms with van der Waals surface area (Å²) in [6.07, 6.45) is 0. The zero-order valence-corrected chi connectivity index (χ0v) is 13.5. The van der Waals surface area contributed by atoms with Gasteiger partial charge in [0.25, 0.3) is 0 Å². The highest BCUT2D eigenvalue weighted by atomic mass is 35.5. The van der Waals surface area contributed by atoms with E-state index in [0.717, 1.165) is 22.3 Å². The van der Waals surface area contributed by atoms with Crippen LogP contribution in [0.1, 0.15) is 5.56 Å². The summed E-state index contributed by atoms with van der Waals surface area (Å²) in [6.45, 7) is 0.654. The van der Waals surface area contributed by atoms with Gasteiger partial charge in [0.1, 0.15) is 5.75 Å². The van der Waals surface area contributed by atoms with Gasteiger partial charge in [0, 0.05) is 0 Å². The van der Waals surface area contributed by atoms with Gasteiger partial charge in [-0.3, -0.25) is 0 Å². The molecule has 0 aliphatic carbocycles. The molecule has 0 saturated carbocycles. The lowest BCUT2D eigenvalue weighted by Gasteiger charge is -2.07. The third-order valence-corrected chi connectivity index (χ3v) is 4.36. The molecule has 2 aromatic carbocycles. The minimum Gasteiger partial charge on any atom is -0.497 e. The molecule has 0 aliphatic rings. The van der Waals surface area contributed by atoms with E-state index >= 15 is 0 Å². The number of nitrogens with zero attached hydrogens (tertiary/aromatic N) is 1. The summed E-state index contributed by atoms with van der Waals surface area (Å²) in [6, 6.07) is 11.5. The number of benzene rings is 2. The Bertz CT molecular complexity index is 852. The summed E-state index contributed by atoms with van der Waals surface area (Å²) < 4.78 is 7.79. The van der Waals surface area contributed by atoms with Crippen molar-refractivity contribution in [1.82, 2.24) is 9.55 Å². The third-order valence-electron chi connectivity index (χ3n) is 3.32. The first kappa shape index (κ1) is 14.4. The zero-order valence-electron chi connectivity index (χ0n) is 11.2. The molecule has 0 radical (unpaired) electrons. The maximum Gasteiger partial charge on any atom is 0.178 e.